The van der Waals surface area contributed by atoms with Gasteiger partial charge in [-0.05, 0) is 55.2 Å². The van der Waals surface area contributed by atoms with E-state index in [1.165, 1.54) is 34.4 Å². The molecule has 3 heterocycles. The molecule has 172 valence electrons. The van der Waals surface area contributed by atoms with Crippen LogP contribution in [0.2, 0.25) is 0 Å². The number of nitrogens with zero attached hydrogens (tertiary/aromatic N) is 3. The number of nitrogens with one attached hydrogen (secondary N) is 1. The fraction of sp³-hybridized carbons (Fsp3) is 0.375. The second-order valence-corrected chi connectivity index (χ2v) is 10.2. The van der Waals surface area contributed by atoms with E-state index in [9.17, 15) is 9.18 Å². The normalized spacial score (nSPS) is 19.9. The molecule has 9 heteroatoms. The highest BCUT2D eigenvalue weighted by atomic mass is 32.2. The molecule has 5 rings (SSSR count). The van der Waals surface area contributed by atoms with Crippen molar-refractivity contribution in [3.05, 3.63) is 59.9 Å². The van der Waals surface area contributed by atoms with Crippen LogP contribution in [0.1, 0.15) is 30.9 Å². The summed E-state index contributed by atoms with van der Waals surface area (Å²) in [6.45, 7) is 1.36. The molecular formula is C24H25FN4O2S2. The van der Waals surface area contributed by atoms with Crippen molar-refractivity contribution in [1.29, 1.82) is 0 Å². The van der Waals surface area contributed by atoms with Gasteiger partial charge in [-0.3, -0.25) is 9.36 Å². The number of ether oxygens (including phenoxy) is 1. The summed E-state index contributed by atoms with van der Waals surface area (Å²) < 4.78 is 21.2. The average molecular weight is 485 g/mol. The molecular weight excluding hydrogens is 459 g/mol. The van der Waals surface area contributed by atoms with Gasteiger partial charge in [-0.1, -0.05) is 30.0 Å². The van der Waals surface area contributed by atoms with Crippen LogP contribution in [0, 0.1) is 5.82 Å². The number of thioether (sulfide) groups is 2. The van der Waals surface area contributed by atoms with E-state index in [1.807, 2.05) is 28.5 Å². The Kier molecular flexibility index (Phi) is 6.99. The third-order valence-corrected chi connectivity index (χ3v) is 7.94. The molecule has 2 atom stereocenters. The minimum Gasteiger partial charge on any atom is -0.376 e. The molecule has 1 fully saturated rings. The van der Waals surface area contributed by atoms with Gasteiger partial charge < -0.3 is 10.1 Å². The van der Waals surface area contributed by atoms with Crippen LogP contribution in [0.15, 0.2) is 58.6 Å². The standard InChI is InChI=1S/C24H25FN4O2S2/c25-17-9-7-16(8-10-17)23-27-28-24(29(23)14-18-4-3-12-31-18)33-15-22(30)26-20-11-13-32-21-6-2-1-5-19(20)21/h1-2,5-10,18,20H,3-4,11-15H2,(H,26,30)/t18-,20+/m1/s1. The van der Waals surface area contributed by atoms with Gasteiger partial charge >= 0.3 is 0 Å². The van der Waals surface area contributed by atoms with E-state index in [0.717, 1.165) is 37.2 Å². The molecule has 0 radical (unpaired) electrons. The Morgan fingerprint density at radius 1 is 1.18 bits per heavy atom. The lowest BCUT2D eigenvalue weighted by atomic mass is 10.0. The van der Waals surface area contributed by atoms with Crippen molar-refractivity contribution in [2.45, 2.75) is 48.0 Å². The fourth-order valence-electron chi connectivity index (χ4n) is 4.22. The van der Waals surface area contributed by atoms with Crippen molar-refractivity contribution in [2.75, 3.05) is 18.1 Å². The number of carbonyl (C=O) groups excluding carboxylic acids is 1. The molecule has 3 aromatic rings. The highest BCUT2D eigenvalue weighted by Crippen LogP contribution is 2.36. The lowest BCUT2D eigenvalue weighted by Crippen LogP contribution is -2.32. The molecule has 0 saturated carbocycles. The van der Waals surface area contributed by atoms with Crippen molar-refractivity contribution < 1.29 is 13.9 Å². The summed E-state index contributed by atoms with van der Waals surface area (Å²) in [6, 6.07) is 14.5. The zero-order valence-corrected chi connectivity index (χ0v) is 19.7. The molecule has 0 unspecified atom stereocenters. The molecule has 2 aromatic carbocycles. The minimum absolute atomic E-state index is 0.0262. The van der Waals surface area contributed by atoms with Crippen molar-refractivity contribution in [3.63, 3.8) is 0 Å². The highest BCUT2D eigenvalue weighted by Gasteiger charge is 2.24. The number of rotatable bonds is 7. The van der Waals surface area contributed by atoms with E-state index in [0.29, 0.717) is 17.5 Å². The van der Waals surface area contributed by atoms with Crippen LogP contribution in [-0.2, 0) is 16.1 Å². The highest BCUT2D eigenvalue weighted by molar-refractivity contribution is 7.99. The van der Waals surface area contributed by atoms with Crippen molar-refractivity contribution in [3.8, 4) is 11.4 Å². The number of aromatic nitrogens is 3. The Morgan fingerprint density at radius 2 is 2.03 bits per heavy atom. The quantitative estimate of drug-likeness (QED) is 0.490. The zero-order valence-electron chi connectivity index (χ0n) is 18.1. The van der Waals surface area contributed by atoms with Crippen molar-refractivity contribution >= 4 is 29.4 Å². The number of carbonyl (C=O) groups is 1. The molecule has 2 aliphatic rings. The molecule has 1 N–H and O–H groups in total. The maximum absolute atomic E-state index is 13.4. The van der Waals surface area contributed by atoms with E-state index in [-0.39, 0.29) is 29.6 Å². The van der Waals surface area contributed by atoms with Crippen LogP contribution in [0.4, 0.5) is 4.39 Å². The first-order valence-corrected chi connectivity index (χ1v) is 13.1. The van der Waals surface area contributed by atoms with Gasteiger partial charge in [-0.2, -0.15) is 0 Å². The molecule has 0 bridgehead atoms. The van der Waals surface area contributed by atoms with Crippen LogP contribution >= 0.6 is 23.5 Å². The monoisotopic (exact) mass is 484 g/mol. The second kappa shape index (κ2) is 10.3. The van der Waals surface area contributed by atoms with Gasteiger partial charge in [0, 0.05) is 22.8 Å². The van der Waals surface area contributed by atoms with Gasteiger partial charge in [-0.25, -0.2) is 4.39 Å². The molecule has 6 nitrogen and oxygen atoms in total. The predicted octanol–water partition coefficient (Wildman–Crippen LogP) is 4.71. The number of amides is 1. The van der Waals surface area contributed by atoms with E-state index in [2.05, 4.69) is 27.6 Å². The number of fused-ring (bicyclic) bond motifs is 1. The van der Waals surface area contributed by atoms with Crippen molar-refractivity contribution in [1.82, 2.24) is 20.1 Å². The van der Waals surface area contributed by atoms with Gasteiger partial charge in [0.15, 0.2) is 11.0 Å². The predicted molar refractivity (Wildman–Crippen MR) is 128 cm³/mol. The lowest BCUT2D eigenvalue weighted by Gasteiger charge is -2.25. The molecule has 1 amide bonds. The smallest absolute Gasteiger partial charge is 0.230 e. The van der Waals surface area contributed by atoms with Crippen molar-refractivity contribution in [2.24, 2.45) is 0 Å². The Labute approximate surface area is 200 Å². The summed E-state index contributed by atoms with van der Waals surface area (Å²) in [5.41, 5.74) is 1.97. The maximum atomic E-state index is 13.4. The first-order valence-electron chi connectivity index (χ1n) is 11.1. The number of benzene rings is 2. The largest absolute Gasteiger partial charge is 0.376 e. The van der Waals surface area contributed by atoms with Gasteiger partial charge in [0.05, 0.1) is 24.4 Å². The summed E-state index contributed by atoms with van der Waals surface area (Å²) in [4.78, 5) is 14.0. The van der Waals surface area contributed by atoms with Crippen LogP contribution in [0.5, 0.6) is 0 Å². The van der Waals surface area contributed by atoms with Gasteiger partial charge in [0.2, 0.25) is 5.91 Å². The summed E-state index contributed by atoms with van der Waals surface area (Å²) in [7, 11) is 0. The van der Waals surface area contributed by atoms with Crippen LogP contribution in [0.3, 0.4) is 0 Å². The van der Waals surface area contributed by atoms with E-state index < -0.39 is 0 Å². The van der Waals surface area contributed by atoms with E-state index in [4.69, 9.17) is 4.74 Å². The summed E-state index contributed by atoms with van der Waals surface area (Å²) in [6.07, 6.45) is 3.02. The first-order chi connectivity index (χ1) is 16.2. The maximum Gasteiger partial charge on any atom is 0.230 e. The summed E-state index contributed by atoms with van der Waals surface area (Å²) in [5.74, 6) is 1.58. The third-order valence-electron chi connectivity index (χ3n) is 5.86. The Hall–Kier alpha value is -2.36. The number of halogens is 1. The van der Waals surface area contributed by atoms with Gasteiger partial charge in [0.25, 0.3) is 0 Å². The van der Waals surface area contributed by atoms with Crippen LogP contribution < -0.4 is 5.32 Å². The third kappa shape index (κ3) is 5.26. The molecule has 0 aliphatic carbocycles. The molecule has 1 aromatic heterocycles. The summed E-state index contributed by atoms with van der Waals surface area (Å²) in [5, 5.41) is 12.6. The zero-order chi connectivity index (χ0) is 22.6. The van der Waals surface area contributed by atoms with Gasteiger partial charge in [-0.15, -0.1) is 22.0 Å². The molecule has 0 spiro atoms. The number of hydrogen-bond donors (Lipinski definition) is 1. The Morgan fingerprint density at radius 3 is 2.85 bits per heavy atom. The van der Waals surface area contributed by atoms with E-state index in [1.54, 1.807) is 12.1 Å². The summed E-state index contributed by atoms with van der Waals surface area (Å²) >= 11 is 3.20. The average Bonchev–Trinajstić information content (AvgIpc) is 3.49. The molecule has 2 aliphatic heterocycles. The van der Waals surface area contributed by atoms with Gasteiger partial charge in [0.1, 0.15) is 5.82 Å². The molecule has 33 heavy (non-hydrogen) atoms. The first kappa shape index (κ1) is 22.4. The number of hydrogen-bond acceptors (Lipinski definition) is 6. The Balaban J connectivity index is 1.30. The Bertz CT molecular complexity index is 1120. The SMILES string of the molecule is O=C(CSc1nnc(-c2ccc(F)cc2)n1C[C@H]1CCCO1)N[C@H]1CCSc2ccccc21. The lowest BCUT2D eigenvalue weighted by molar-refractivity contribution is -0.119. The second-order valence-electron chi connectivity index (χ2n) is 8.14. The molecule has 1 saturated heterocycles. The van der Waals surface area contributed by atoms with Crippen LogP contribution in [-0.4, -0.2) is 44.9 Å². The topological polar surface area (TPSA) is 69.0 Å². The fourth-order valence-corrected chi connectivity index (χ4v) is 6.11. The van der Waals surface area contributed by atoms with E-state index >= 15 is 0 Å². The minimum atomic E-state index is -0.294. The van der Waals surface area contributed by atoms with Crippen LogP contribution in [0.25, 0.3) is 11.4 Å².